The Morgan fingerprint density at radius 1 is 1.19 bits per heavy atom. The van der Waals surface area contributed by atoms with Gasteiger partial charge in [-0.25, -0.2) is 0 Å². The summed E-state index contributed by atoms with van der Waals surface area (Å²) in [6.45, 7) is 7.07. The first-order valence-electron chi connectivity index (χ1n) is 8.19. The molecule has 2 rings (SSSR count). The van der Waals surface area contributed by atoms with Crippen LogP contribution in [0.3, 0.4) is 0 Å². The molecular formula is C16H22N6O4S. The molecule has 10 nitrogen and oxygen atoms in total. The second-order valence-corrected chi connectivity index (χ2v) is 7.28. The number of thioether (sulfide) groups is 1. The number of carbonyl (C=O) groups is 3. The third kappa shape index (κ3) is 6.44. The number of hydrazine groups is 1. The predicted octanol–water partition coefficient (Wildman–Crippen LogP) is 0.704. The second-order valence-electron chi connectivity index (χ2n) is 5.95. The first-order valence-corrected chi connectivity index (χ1v) is 9.24. The molecule has 0 fully saturated rings. The van der Waals surface area contributed by atoms with Crippen molar-refractivity contribution in [3.8, 4) is 0 Å². The number of nitrogens with zero attached hydrogens (tertiary/aromatic N) is 3. The fourth-order valence-electron chi connectivity index (χ4n) is 2.12. The molecule has 3 N–H and O–H groups in total. The highest BCUT2D eigenvalue weighted by Gasteiger charge is 2.17. The largest absolute Gasteiger partial charge is 0.360 e. The van der Waals surface area contributed by atoms with Crippen LogP contribution in [0.25, 0.3) is 0 Å². The zero-order valence-corrected chi connectivity index (χ0v) is 16.3. The summed E-state index contributed by atoms with van der Waals surface area (Å²) >= 11 is 1.13. The van der Waals surface area contributed by atoms with Crippen LogP contribution in [-0.4, -0.2) is 43.7 Å². The van der Waals surface area contributed by atoms with Gasteiger partial charge in [-0.3, -0.25) is 29.9 Å². The summed E-state index contributed by atoms with van der Waals surface area (Å²) in [5.74, 6) is -0.195. The average Bonchev–Trinajstić information content (AvgIpc) is 3.15. The normalized spacial score (nSPS) is 11.7. The molecule has 27 heavy (non-hydrogen) atoms. The Morgan fingerprint density at radius 2 is 1.89 bits per heavy atom. The maximum atomic E-state index is 12.0. The van der Waals surface area contributed by atoms with Crippen LogP contribution in [0.5, 0.6) is 0 Å². The monoisotopic (exact) mass is 394 g/mol. The Kier molecular flexibility index (Phi) is 6.99. The van der Waals surface area contributed by atoms with Crippen LogP contribution in [0, 0.1) is 20.8 Å². The molecule has 3 amide bonds. The molecule has 0 aliphatic rings. The lowest BCUT2D eigenvalue weighted by molar-refractivity contribution is -0.128. The van der Waals surface area contributed by atoms with Crippen LogP contribution in [0.4, 0.5) is 5.82 Å². The lowest BCUT2D eigenvalue weighted by Gasteiger charge is -2.11. The minimum Gasteiger partial charge on any atom is -0.360 e. The van der Waals surface area contributed by atoms with Crippen LogP contribution in [0.2, 0.25) is 0 Å². The van der Waals surface area contributed by atoms with Crippen LogP contribution < -0.4 is 16.2 Å². The van der Waals surface area contributed by atoms with E-state index in [1.807, 2.05) is 19.9 Å². The molecule has 1 atom stereocenters. The molecule has 0 aromatic carbocycles. The van der Waals surface area contributed by atoms with E-state index in [0.717, 1.165) is 23.1 Å². The van der Waals surface area contributed by atoms with Crippen molar-refractivity contribution in [2.75, 3.05) is 11.1 Å². The Morgan fingerprint density at radius 3 is 2.48 bits per heavy atom. The Hall–Kier alpha value is -2.82. The van der Waals surface area contributed by atoms with Crippen molar-refractivity contribution < 1.29 is 18.9 Å². The number of nitrogens with one attached hydrogen (secondary N) is 3. The fraction of sp³-hybridized carbons (Fsp3) is 0.438. The summed E-state index contributed by atoms with van der Waals surface area (Å²) < 4.78 is 6.41. The highest BCUT2D eigenvalue weighted by atomic mass is 32.2. The van der Waals surface area contributed by atoms with Crippen LogP contribution >= 0.6 is 11.8 Å². The third-order valence-electron chi connectivity index (χ3n) is 3.45. The molecule has 0 saturated heterocycles. The van der Waals surface area contributed by atoms with E-state index in [1.54, 1.807) is 24.6 Å². The van der Waals surface area contributed by atoms with E-state index in [4.69, 9.17) is 4.52 Å². The molecular weight excluding hydrogens is 372 g/mol. The van der Waals surface area contributed by atoms with Gasteiger partial charge in [0, 0.05) is 11.8 Å². The molecule has 0 spiro atoms. The minimum absolute atomic E-state index is 0.00300. The fourth-order valence-corrected chi connectivity index (χ4v) is 2.80. The quantitative estimate of drug-likeness (QED) is 0.589. The number of aromatic nitrogens is 3. The number of hydrogen-bond donors (Lipinski definition) is 3. The first kappa shape index (κ1) is 20.5. The lowest BCUT2D eigenvalue weighted by atomic mass is 10.4. The lowest BCUT2D eigenvalue weighted by Crippen LogP contribution is -2.44. The zero-order valence-electron chi connectivity index (χ0n) is 15.5. The van der Waals surface area contributed by atoms with Crippen molar-refractivity contribution in [1.82, 2.24) is 25.8 Å². The van der Waals surface area contributed by atoms with Crippen molar-refractivity contribution in [2.45, 2.75) is 39.5 Å². The van der Waals surface area contributed by atoms with E-state index in [9.17, 15) is 14.4 Å². The highest BCUT2D eigenvalue weighted by molar-refractivity contribution is 8.01. The number of anilines is 1. The van der Waals surface area contributed by atoms with E-state index in [2.05, 4.69) is 26.4 Å². The zero-order chi connectivity index (χ0) is 20.0. The van der Waals surface area contributed by atoms with Gasteiger partial charge in [0.1, 0.15) is 12.3 Å². The van der Waals surface area contributed by atoms with E-state index >= 15 is 0 Å². The smallest absolute Gasteiger partial charge is 0.260 e. The Labute approximate surface area is 160 Å². The maximum Gasteiger partial charge on any atom is 0.260 e. The van der Waals surface area contributed by atoms with Crippen molar-refractivity contribution in [3.63, 3.8) is 0 Å². The number of hydrogen-bond acceptors (Lipinski definition) is 7. The molecule has 0 bridgehead atoms. The number of amides is 3. The van der Waals surface area contributed by atoms with Gasteiger partial charge in [-0.05, 0) is 33.8 Å². The molecule has 1 unspecified atom stereocenters. The minimum atomic E-state index is -0.488. The Balaban J connectivity index is 1.68. The third-order valence-corrected chi connectivity index (χ3v) is 4.59. The first-order chi connectivity index (χ1) is 12.7. The Bertz CT molecular complexity index is 831. The standard InChI is InChI=1S/C16H22N6O4S/c1-9-5-10(2)22(20-9)7-14(23)18-19-15(24)8-27-12(4)16(25)17-13-6-11(3)26-21-13/h5-6,12H,7-8H2,1-4H3,(H,18,23)(H,19,24)(H,17,21,25). The highest BCUT2D eigenvalue weighted by Crippen LogP contribution is 2.14. The van der Waals surface area contributed by atoms with Gasteiger partial charge in [-0.2, -0.15) is 5.10 Å². The maximum absolute atomic E-state index is 12.0. The van der Waals surface area contributed by atoms with Crippen molar-refractivity contribution in [3.05, 3.63) is 29.3 Å². The summed E-state index contributed by atoms with van der Waals surface area (Å²) in [5.41, 5.74) is 6.31. The summed E-state index contributed by atoms with van der Waals surface area (Å²) in [7, 11) is 0. The number of aryl methyl sites for hydroxylation is 3. The van der Waals surface area contributed by atoms with Crippen LogP contribution in [0.15, 0.2) is 16.7 Å². The van der Waals surface area contributed by atoms with Crippen LogP contribution in [-0.2, 0) is 20.9 Å². The molecule has 11 heteroatoms. The van der Waals surface area contributed by atoms with Gasteiger partial charge in [0.15, 0.2) is 5.82 Å². The molecule has 2 aromatic heterocycles. The molecule has 0 aliphatic heterocycles. The van der Waals surface area contributed by atoms with E-state index < -0.39 is 17.1 Å². The summed E-state index contributed by atoms with van der Waals surface area (Å²) in [4.78, 5) is 35.7. The van der Waals surface area contributed by atoms with E-state index in [1.165, 1.54) is 0 Å². The van der Waals surface area contributed by atoms with Gasteiger partial charge in [0.2, 0.25) is 11.8 Å². The van der Waals surface area contributed by atoms with Gasteiger partial charge in [-0.15, -0.1) is 11.8 Å². The topological polar surface area (TPSA) is 131 Å². The molecule has 0 radical (unpaired) electrons. The second kappa shape index (κ2) is 9.21. The van der Waals surface area contributed by atoms with Gasteiger partial charge >= 0.3 is 0 Å². The number of rotatable bonds is 7. The van der Waals surface area contributed by atoms with Gasteiger partial charge < -0.3 is 9.84 Å². The molecule has 2 heterocycles. The molecule has 146 valence electrons. The van der Waals surface area contributed by atoms with Gasteiger partial charge in [0.05, 0.1) is 16.7 Å². The SMILES string of the molecule is Cc1cc(C)n(CC(=O)NNC(=O)CSC(C)C(=O)Nc2cc(C)on2)n1. The van der Waals surface area contributed by atoms with E-state index in [0.29, 0.717) is 11.6 Å². The molecule has 2 aromatic rings. The van der Waals surface area contributed by atoms with Gasteiger partial charge in [0.25, 0.3) is 5.91 Å². The summed E-state index contributed by atoms with van der Waals surface area (Å²) in [6, 6.07) is 3.45. The molecule has 0 aliphatic carbocycles. The molecule has 0 saturated carbocycles. The number of carbonyl (C=O) groups excluding carboxylic acids is 3. The van der Waals surface area contributed by atoms with E-state index in [-0.39, 0.29) is 18.2 Å². The van der Waals surface area contributed by atoms with Crippen molar-refractivity contribution in [2.24, 2.45) is 0 Å². The van der Waals surface area contributed by atoms with Crippen molar-refractivity contribution in [1.29, 1.82) is 0 Å². The van der Waals surface area contributed by atoms with Crippen LogP contribution in [0.1, 0.15) is 24.1 Å². The average molecular weight is 394 g/mol. The van der Waals surface area contributed by atoms with Crippen molar-refractivity contribution >= 4 is 35.3 Å². The summed E-state index contributed by atoms with van der Waals surface area (Å²) in [5, 5.41) is 9.96. The predicted molar refractivity (Wildman–Crippen MR) is 99.8 cm³/mol. The van der Waals surface area contributed by atoms with Gasteiger partial charge in [-0.1, -0.05) is 5.16 Å². The summed E-state index contributed by atoms with van der Waals surface area (Å²) in [6.07, 6.45) is 0.